The number of thioether (sulfide) groups is 1. The summed E-state index contributed by atoms with van der Waals surface area (Å²) in [5, 5.41) is 43.6. The molecule has 2 aromatic carbocycles. The van der Waals surface area contributed by atoms with Crippen molar-refractivity contribution in [3.8, 4) is 0 Å². The van der Waals surface area contributed by atoms with E-state index in [4.69, 9.17) is 15.2 Å². The van der Waals surface area contributed by atoms with Crippen molar-refractivity contribution in [1.82, 2.24) is 5.32 Å². The van der Waals surface area contributed by atoms with E-state index >= 15 is 0 Å². The molecule has 35 heavy (non-hydrogen) atoms. The molecule has 0 bridgehead atoms. The molecule has 11 heteroatoms. The van der Waals surface area contributed by atoms with Crippen LogP contribution in [0.3, 0.4) is 0 Å². The number of ether oxygens (including phenoxy) is 2. The van der Waals surface area contributed by atoms with E-state index in [-0.39, 0.29) is 13.0 Å². The molecule has 2 aromatic rings. The number of hydrogen-bond acceptors (Lipinski definition) is 10. The first-order valence-electron chi connectivity index (χ1n) is 11.0. The van der Waals surface area contributed by atoms with Gasteiger partial charge in [0.2, 0.25) is 10.8 Å². The van der Waals surface area contributed by atoms with Crippen LogP contribution in [0.15, 0.2) is 59.5 Å². The maximum Gasteiger partial charge on any atom is 0.349 e. The lowest BCUT2D eigenvalue weighted by molar-refractivity contribution is -0.209. The molecule has 1 fully saturated rings. The third-order valence-corrected chi connectivity index (χ3v) is 6.81. The van der Waals surface area contributed by atoms with E-state index in [0.717, 1.165) is 17.3 Å². The number of anilines is 1. The van der Waals surface area contributed by atoms with Crippen molar-refractivity contribution in [3.63, 3.8) is 0 Å². The highest BCUT2D eigenvalue weighted by Crippen LogP contribution is 2.45. The summed E-state index contributed by atoms with van der Waals surface area (Å²) in [4.78, 5) is 23.9. The highest BCUT2D eigenvalue weighted by molar-refractivity contribution is 8.01. The van der Waals surface area contributed by atoms with Crippen LogP contribution < -0.4 is 11.1 Å². The van der Waals surface area contributed by atoms with Gasteiger partial charge in [0.15, 0.2) is 0 Å². The molecule has 0 radical (unpaired) electrons. The normalized spacial score (nSPS) is 25.9. The molecule has 1 heterocycles. The molecule has 6 atom stereocenters. The first-order valence-corrected chi connectivity index (χ1v) is 11.8. The molecule has 0 spiro atoms. The first-order chi connectivity index (χ1) is 16.6. The summed E-state index contributed by atoms with van der Waals surface area (Å²) in [6.07, 6.45) is -6.49. The van der Waals surface area contributed by atoms with Gasteiger partial charge in [0, 0.05) is 23.9 Å². The van der Waals surface area contributed by atoms with E-state index in [9.17, 15) is 30.0 Å². The number of amides is 1. The van der Waals surface area contributed by atoms with Crippen LogP contribution in [0.25, 0.3) is 0 Å². The van der Waals surface area contributed by atoms with Crippen molar-refractivity contribution in [2.45, 2.75) is 60.2 Å². The molecule has 1 saturated heterocycles. The molecule has 0 aromatic heterocycles. The third kappa shape index (κ3) is 6.72. The number of nitrogen functional groups attached to an aromatic ring is 1. The Balaban J connectivity index is 1.96. The van der Waals surface area contributed by atoms with Gasteiger partial charge in [0.05, 0.1) is 18.8 Å². The largest absolute Gasteiger partial charge is 0.458 e. The van der Waals surface area contributed by atoms with Crippen molar-refractivity contribution in [1.29, 1.82) is 0 Å². The van der Waals surface area contributed by atoms with Gasteiger partial charge < -0.3 is 41.0 Å². The number of nitrogens with two attached hydrogens (primary N) is 1. The van der Waals surface area contributed by atoms with Crippen molar-refractivity contribution < 1.29 is 39.5 Å². The van der Waals surface area contributed by atoms with Gasteiger partial charge >= 0.3 is 5.97 Å². The second-order valence-electron chi connectivity index (χ2n) is 8.31. The van der Waals surface area contributed by atoms with Crippen LogP contribution in [-0.4, -0.2) is 74.3 Å². The van der Waals surface area contributed by atoms with Gasteiger partial charge in [-0.25, -0.2) is 4.79 Å². The fourth-order valence-corrected chi connectivity index (χ4v) is 4.99. The van der Waals surface area contributed by atoms with Crippen molar-refractivity contribution in [2.24, 2.45) is 0 Å². The number of benzene rings is 2. The van der Waals surface area contributed by atoms with Gasteiger partial charge in [-0.3, -0.25) is 4.79 Å². The lowest BCUT2D eigenvalue weighted by Crippen LogP contribution is -2.66. The number of nitrogens with one attached hydrogen (secondary N) is 1. The smallest absolute Gasteiger partial charge is 0.349 e. The van der Waals surface area contributed by atoms with Crippen molar-refractivity contribution in [3.05, 3.63) is 60.2 Å². The van der Waals surface area contributed by atoms with Crippen LogP contribution in [-0.2, 0) is 25.7 Å². The Morgan fingerprint density at radius 1 is 1.20 bits per heavy atom. The van der Waals surface area contributed by atoms with Gasteiger partial charge in [-0.15, -0.1) is 0 Å². The summed E-state index contributed by atoms with van der Waals surface area (Å²) in [6.45, 7) is 0.350. The zero-order valence-corrected chi connectivity index (χ0v) is 19.9. The summed E-state index contributed by atoms with van der Waals surface area (Å²) in [7, 11) is 0. The summed E-state index contributed by atoms with van der Waals surface area (Å²) >= 11 is 0.949. The van der Waals surface area contributed by atoms with Crippen LogP contribution >= 0.6 is 11.8 Å². The fourth-order valence-electron chi connectivity index (χ4n) is 3.78. The predicted molar refractivity (Wildman–Crippen MR) is 128 cm³/mol. The molecular weight excluding hydrogens is 476 g/mol. The Hall–Kier alpha value is -2.67. The Bertz CT molecular complexity index is 993. The predicted octanol–water partition coefficient (Wildman–Crippen LogP) is 0.169. The topological polar surface area (TPSA) is 172 Å². The van der Waals surface area contributed by atoms with E-state index in [1.165, 1.54) is 6.92 Å². The van der Waals surface area contributed by atoms with Gasteiger partial charge in [-0.1, -0.05) is 42.1 Å². The zero-order valence-electron chi connectivity index (χ0n) is 19.1. The Kier molecular flexibility index (Phi) is 9.11. The van der Waals surface area contributed by atoms with Crippen LogP contribution in [0.2, 0.25) is 0 Å². The lowest BCUT2D eigenvalue weighted by Gasteiger charge is -2.47. The number of carbonyl (C=O) groups is 2. The maximum absolute atomic E-state index is 13.5. The quantitative estimate of drug-likeness (QED) is 0.203. The number of carbonyl (C=O) groups excluding carboxylic acids is 2. The van der Waals surface area contributed by atoms with Crippen LogP contribution in [0, 0.1) is 0 Å². The van der Waals surface area contributed by atoms with Crippen molar-refractivity contribution in [2.75, 3.05) is 12.3 Å². The van der Waals surface area contributed by atoms with E-state index < -0.39 is 53.9 Å². The Morgan fingerprint density at radius 2 is 1.86 bits per heavy atom. The number of rotatable bonds is 9. The van der Waals surface area contributed by atoms with Gasteiger partial charge in [0.1, 0.15) is 24.9 Å². The summed E-state index contributed by atoms with van der Waals surface area (Å²) in [6, 6.07) is 14.4. The van der Waals surface area contributed by atoms with Crippen LogP contribution in [0.5, 0.6) is 0 Å². The van der Waals surface area contributed by atoms with Crippen molar-refractivity contribution >= 4 is 29.3 Å². The molecular formula is C24H30N2O8S. The second-order valence-corrected chi connectivity index (χ2v) is 9.64. The zero-order chi connectivity index (χ0) is 25.6. The minimum Gasteiger partial charge on any atom is -0.458 e. The number of esters is 1. The number of aliphatic hydroxyl groups is 4. The molecule has 3 rings (SSSR count). The fraction of sp³-hybridized carbons (Fsp3) is 0.417. The maximum atomic E-state index is 13.5. The highest BCUT2D eigenvalue weighted by atomic mass is 32.2. The minimum absolute atomic E-state index is 0.0647. The average molecular weight is 507 g/mol. The summed E-state index contributed by atoms with van der Waals surface area (Å²) in [5.74, 6) is -1.34. The molecule has 1 amide bonds. The second kappa shape index (κ2) is 11.8. The van der Waals surface area contributed by atoms with Gasteiger partial charge in [-0.2, -0.15) is 0 Å². The molecule has 7 N–H and O–H groups in total. The molecule has 190 valence electrons. The molecule has 1 aliphatic rings. The monoisotopic (exact) mass is 506 g/mol. The van der Waals surface area contributed by atoms with Crippen LogP contribution in [0.4, 0.5) is 5.69 Å². The van der Waals surface area contributed by atoms with Crippen LogP contribution in [0.1, 0.15) is 18.9 Å². The SMILES string of the molecule is CC(=O)N[C@H]1[C@H]([C@H](O)[C@H](O)CO)O[C@@](Sc2ccc(N)cc2)(C(=O)OCc2ccccc2)C[C@@H]1O. The van der Waals surface area contributed by atoms with E-state index in [2.05, 4.69) is 5.32 Å². The Morgan fingerprint density at radius 3 is 2.46 bits per heavy atom. The average Bonchev–Trinajstić information content (AvgIpc) is 2.85. The third-order valence-electron chi connectivity index (χ3n) is 5.55. The Labute approximate surface area is 207 Å². The van der Waals surface area contributed by atoms with E-state index in [0.29, 0.717) is 10.6 Å². The molecule has 1 aliphatic heterocycles. The first kappa shape index (κ1) is 26.9. The van der Waals surface area contributed by atoms with E-state index in [1.54, 1.807) is 48.5 Å². The summed E-state index contributed by atoms with van der Waals surface area (Å²) in [5.41, 5.74) is 7.00. The number of aliphatic hydroxyl groups excluding tert-OH is 4. The molecule has 0 saturated carbocycles. The van der Waals surface area contributed by atoms with Gasteiger partial charge in [-0.05, 0) is 29.8 Å². The summed E-state index contributed by atoms with van der Waals surface area (Å²) < 4.78 is 11.6. The van der Waals surface area contributed by atoms with Gasteiger partial charge in [0.25, 0.3) is 0 Å². The molecule has 0 aliphatic carbocycles. The number of hydrogen-bond donors (Lipinski definition) is 6. The molecule has 0 unspecified atom stereocenters. The highest BCUT2D eigenvalue weighted by Gasteiger charge is 2.56. The minimum atomic E-state index is -1.85. The lowest BCUT2D eigenvalue weighted by atomic mass is 9.89. The standard InChI is InChI=1S/C24H30N2O8S/c1-14(28)26-20-18(29)11-24(34-22(20)21(31)19(30)12-27,35-17-9-7-16(25)8-10-17)23(32)33-13-15-5-3-2-4-6-15/h2-10,18-22,27,29-31H,11-13,25H2,1H3,(H,26,28)/t18-,19+,20+,21+,22+,24-/m0/s1. The van der Waals surface area contributed by atoms with E-state index in [1.807, 2.05) is 6.07 Å². The molecule has 10 nitrogen and oxygen atoms in total.